The third-order valence-corrected chi connectivity index (χ3v) is 4.71. The number of ether oxygens (including phenoxy) is 1. The predicted molar refractivity (Wildman–Crippen MR) is 96.4 cm³/mol. The molecule has 1 atom stereocenters. The van der Waals surface area contributed by atoms with Gasteiger partial charge in [0, 0.05) is 24.1 Å². The maximum Gasteiger partial charge on any atom is 0.254 e. The fourth-order valence-corrected chi connectivity index (χ4v) is 3.21. The molecular weight excluding hydrogens is 317 g/mol. The summed E-state index contributed by atoms with van der Waals surface area (Å²) in [6.45, 7) is 6.86. The van der Waals surface area contributed by atoms with Gasteiger partial charge in [-0.1, -0.05) is 24.3 Å². The molecule has 0 aromatic heterocycles. The van der Waals surface area contributed by atoms with E-state index in [1.165, 1.54) is 11.6 Å². The summed E-state index contributed by atoms with van der Waals surface area (Å²) >= 11 is 0. The summed E-state index contributed by atoms with van der Waals surface area (Å²) in [5.74, 6) is 0.690. The largest absolute Gasteiger partial charge is 0.493 e. The van der Waals surface area contributed by atoms with Gasteiger partial charge in [0.1, 0.15) is 11.6 Å². The quantitative estimate of drug-likeness (QED) is 0.833. The summed E-state index contributed by atoms with van der Waals surface area (Å²) in [6, 6.07) is 12.7. The van der Waals surface area contributed by atoms with Crippen molar-refractivity contribution in [3.05, 3.63) is 65.0 Å². The first-order valence-electron chi connectivity index (χ1n) is 8.73. The van der Waals surface area contributed by atoms with E-state index < -0.39 is 0 Å². The number of halogens is 1. The lowest BCUT2D eigenvalue weighted by molar-refractivity contribution is 0.0635. The SMILES string of the molecule is Cc1ccc(C(=O)N(C[C@@H]2COc3ccccc3C2)C(C)C)cc1F. The van der Waals surface area contributed by atoms with Crippen LogP contribution in [0.25, 0.3) is 0 Å². The van der Waals surface area contributed by atoms with Crippen LogP contribution in [-0.4, -0.2) is 30.0 Å². The summed E-state index contributed by atoms with van der Waals surface area (Å²) < 4.78 is 19.7. The fraction of sp³-hybridized carbons (Fsp3) is 0.381. The summed E-state index contributed by atoms with van der Waals surface area (Å²) in [5.41, 5.74) is 2.12. The lowest BCUT2D eigenvalue weighted by atomic mass is 9.95. The zero-order chi connectivity index (χ0) is 18.0. The van der Waals surface area contributed by atoms with Crippen LogP contribution in [0, 0.1) is 18.7 Å². The van der Waals surface area contributed by atoms with E-state index >= 15 is 0 Å². The number of benzene rings is 2. The zero-order valence-electron chi connectivity index (χ0n) is 15.0. The molecule has 1 aliphatic rings. The Morgan fingerprint density at radius 3 is 2.76 bits per heavy atom. The van der Waals surface area contributed by atoms with Crippen LogP contribution in [0.2, 0.25) is 0 Å². The molecule has 3 nitrogen and oxygen atoms in total. The smallest absolute Gasteiger partial charge is 0.254 e. The molecule has 0 spiro atoms. The minimum atomic E-state index is -0.343. The maximum atomic E-state index is 13.8. The number of aryl methyl sites for hydroxylation is 1. The van der Waals surface area contributed by atoms with Crippen molar-refractivity contribution in [3.63, 3.8) is 0 Å². The molecule has 3 rings (SSSR count). The highest BCUT2D eigenvalue weighted by Crippen LogP contribution is 2.28. The van der Waals surface area contributed by atoms with E-state index in [1.807, 2.05) is 36.9 Å². The molecule has 1 aliphatic heterocycles. The highest BCUT2D eigenvalue weighted by Gasteiger charge is 2.26. The third kappa shape index (κ3) is 3.84. The summed E-state index contributed by atoms with van der Waals surface area (Å²) in [6.07, 6.45) is 0.884. The van der Waals surface area contributed by atoms with Crippen molar-refractivity contribution in [1.29, 1.82) is 0 Å². The molecule has 2 aromatic carbocycles. The van der Waals surface area contributed by atoms with Crippen LogP contribution in [0.3, 0.4) is 0 Å². The average molecular weight is 341 g/mol. The zero-order valence-corrected chi connectivity index (χ0v) is 15.0. The average Bonchev–Trinajstić information content (AvgIpc) is 2.61. The number of hydrogen-bond acceptors (Lipinski definition) is 2. The van der Waals surface area contributed by atoms with E-state index in [-0.39, 0.29) is 23.7 Å². The Kier molecular flexibility index (Phi) is 5.07. The monoisotopic (exact) mass is 341 g/mol. The highest BCUT2D eigenvalue weighted by atomic mass is 19.1. The first-order valence-corrected chi connectivity index (χ1v) is 8.73. The van der Waals surface area contributed by atoms with Crippen molar-refractivity contribution >= 4 is 5.91 Å². The van der Waals surface area contributed by atoms with Crippen LogP contribution in [0.5, 0.6) is 5.75 Å². The number of rotatable bonds is 4. The minimum absolute atomic E-state index is 0.0361. The molecule has 1 heterocycles. The van der Waals surface area contributed by atoms with E-state index in [4.69, 9.17) is 4.74 Å². The highest BCUT2D eigenvalue weighted by molar-refractivity contribution is 5.94. The van der Waals surface area contributed by atoms with Crippen molar-refractivity contribution < 1.29 is 13.9 Å². The Morgan fingerprint density at radius 1 is 1.28 bits per heavy atom. The van der Waals surface area contributed by atoms with Gasteiger partial charge in [0.25, 0.3) is 5.91 Å². The lowest BCUT2D eigenvalue weighted by Crippen LogP contribution is -2.43. The summed E-state index contributed by atoms with van der Waals surface area (Å²) in [5, 5.41) is 0. The van der Waals surface area contributed by atoms with Crippen LogP contribution >= 0.6 is 0 Å². The van der Waals surface area contributed by atoms with E-state index in [0.29, 0.717) is 24.3 Å². The molecule has 132 valence electrons. The van der Waals surface area contributed by atoms with Gasteiger partial charge < -0.3 is 9.64 Å². The molecule has 0 N–H and O–H groups in total. The molecule has 0 radical (unpaired) electrons. The first-order chi connectivity index (χ1) is 12.0. The van der Waals surface area contributed by atoms with Crippen LogP contribution in [0.1, 0.15) is 35.3 Å². The van der Waals surface area contributed by atoms with Crippen LogP contribution in [-0.2, 0) is 6.42 Å². The molecule has 25 heavy (non-hydrogen) atoms. The molecule has 4 heteroatoms. The van der Waals surface area contributed by atoms with Crippen molar-refractivity contribution in [1.82, 2.24) is 4.90 Å². The number of carbonyl (C=O) groups is 1. The third-order valence-electron chi connectivity index (χ3n) is 4.71. The summed E-state index contributed by atoms with van der Waals surface area (Å²) in [4.78, 5) is 14.7. The molecule has 1 amide bonds. The number of fused-ring (bicyclic) bond motifs is 1. The van der Waals surface area contributed by atoms with Gasteiger partial charge in [-0.15, -0.1) is 0 Å². The number of carbonyl (C=O) groups excluding carboxylic acids is 1. The second kappa shape index (κ2) is 7.26. The molecule has 0 saturated heterocycles. The standard InChI is InChI=1S/C21H24FNO2/c1-14(2)23(21(24)18-9-8-15(3)19(22)11-18)12-16-10-17-6-4-5-7-20(17)25-13-16/h4-9,11,14,16H,10,12-13H2,1-3H3/t16-/m1/s1. The first kappa shape index (κ1) is 17.5. The van der Waals surface area contributed by atoms with E-state index in [2.05, 4.69) is 6.07 Å². The topological polar surface area (TPSA) is 29.5 Å². The van der Waals surface area contributed by atoms with Crippen LogP contribution < -0.4 is 4.74 Å². The van der Waals surface area contributed by atoms with Gasteiger partial charge in [-0.25, -0.2) is 4.39 Å². The molecular formula is C21H24FNO2. The Hall–Kier alpha value is -2.36. The van der Waals surface area contributed by atoms with Gasteiger partial charge in [0.2, 0.25) is 0 Å². The Bertz CT molecular complexity index is 772. The summed E-state index contributed by atoms with van der Waals surface area (Å²) in [7, 11) is 0. The molecule has 0 unspecified atom stereocenters. The van der Waals surface area contributed by atoms with Gasteiger partial charge in [-0.05, 0) is 56.5 Å². The Balaban J connectivity index is 1.75. The number of nitrogens with zero attached hydrogens (tertiary/aromatic N) is 1. The number of amides is 1. The van der Waals surface area contributed by atoms with Crippen molar-refractivity contribution in [2.75, 3.05) is 13.2 Å². The second-order valence-electron chi connectivity index (χ2n) is 7.00. The normalized spacial score (nSPS) is 16.3. The molecule has 0 aliphatic carbocycles. The van der Waals surface area contributed by atoms with Crippen molar-refractivity contribution in [2.24, 2.45) is 5.92 Å². The minimum Gasteiger partial charge on any atom is -0.493 e. The van der Waals surface area contributed by atoms with Gasteiger partial charge in [-0.2, -0.15) is 0 Å². The molecule has 2 aromatic rings. The number of hydrogen-bond donors (Lipinski definition) is 0. The van der Waals surface area contributed by atoms with E-state index in [1.54, 1.807) is 19.1 Å². The van der Waals surface area contributed by atoms with Gasteiger partial charge in [-0.3, -0.25) is 4.79 Å². The van der Waals surface area contributed by atoms with E-state index in [9.17, 15) is 9.18 Å². The van der Waals surface area contributed by atoms with E-state index in [0.717, 1.165) is 12.2 Å². The van der Waals surface area contributed by atoms with Crippen molar-refractivity contribution in [2.45, 2.75) is 33.2 Å². The number of para-hydroxylation sites is 1. The molecule has 0 bridgehead atoms. The van der Waals surface area contributed by atoms with Crippen LogP contribution in [0.4, 0.5) is 4.39 Å². The lowest BCUT2D eigenvalue weighted by Gasteiger charge is -2.33. The van der Waals surface area contributed by atoms with Gasteiger partial charge in [0.15, 0.2) is 0 Å². The predicted octanol–water partition coefficient (Wildman–Crippen LogP) is 4.24. The molecule has 0 fully saturated rings. The van der Waals surface area contributed by atoms with Gasteiger partial charge in [0.05, 0.1) is 6.61 Å². The Labute approximate surface area is 148 Å². The van der Waals surface area contributed by atoms with Gasteiger partial charge >= 0.3 is 0 Å². The molecule has 0 saturated carbocycles. The van der Waals surface area contributed by atoms with Crippen molar-refractivity contribution in [3.8, 4) is 5.75 Å². The second-order valence-corrected chi connectivity index (χ2v) is 7.00. The van der Waals surface area contributed by atoms with Crippen LogP contribution in [0.15, 0.2) is 42.5 Å². The maximum absolute atomic E-state index is 13.8. The fourth-order valence-electron chi connectivity index (χ4n) is 3.21. The Morgan fingerprint density at radius 2 is 2.04 bits per heavy atom.